The smallest absolute Gasteiger partial charge is 0.263 e. The second-order valence-corrected chi connectivity index (χ2v) is 8.84. The molecule has 0 bridgehead atoms. The Morgan fingerprint density at radius 2 is 2.08 bits per heavy atom. The summed E-state index contributed by atoms with van der Waals surface area (Å²) in [5.41, 5.74) is 0. The van der Waals surface area contributed by atoms with Crippen LogP contribution in [0.1, 0.15) is 20.4 Å². The Kier molecular flexibility index (Phi) is 5.33. The predicted molar refractivity (Wildman–Crippen MR) is 97.0 cm³/mol. The zero-order chi connectivity index (χ0) is 17.9. The summed E-state index contributed by atoms with van der Waals surface area (Å²) in [4.78, 5) is 17.6. The van der Waals surface area contributed by atoms with Crippen LogP contribution in [0.2, 0.25) is 0 Å². The lowest BCUT2D eigenvalue weighted by Gasteiger charge is -2.08. The second kappa shape index (κ2) is 7.48. The molecule has 3 aromatic rings. The van der Waals surface area contributed by atoms with Crippen molar-refractivity contribution in [2.45, 2.75) is 18.0 Å². The minimum absolute atomic E-state index is 0.00797. The zero-order valence-corrected chi connectivity index (χ0v) is 15.7. The summed E-state index contributed by atoms with van der Waals surface area (Å²) in [5, 5.41) is 6.18. The van der Waals surface area contributed by atoms with E-state index in [0.29, 0.717) is 5.82 Å². The molecule has 2 N–H and O–H groups in total. The van der Waals surface area contributed by atoms with Crippen molar-refractivity contribution in [1.29, 1.82) is 0 Å². The van der Waals surface area contributed by atoms with Gasteiger partial charge in [0.15, 0.2) is 0 Å². The van der Waals surface area contributed by atoms with Crippen LogP contribution in [0.3, 0.4) is 0 Å². The Morgan fingerprint density at radius 1 is 1.24 bits per heavy atom. The number of aryl methyl sites for hydroxylation is 1. The first-order chi connectivity index (χ1) is 12.0. The number of amides is 1. The molecule has 10 heteroatoms. The summed E-state index contributed by atoms with van der Waals surface area (Å²) in [7, 11) is -1.94. The average Bonchev–Trinajstić information content (AvgIpc) is 3.32. The van der Waals surface area contributed by atoms with Crippen molar-refractivity contribution in [2.75, 3.05) is 0 Å². The first kappa shape index (κ1) is 17.8. The molecule has 3 rings (SSSR count). The topological polar surface area (TPSA) is 93.1 Å². The van der Waals surface area contributed by atoms with Gasteiger partial charge in [-0.1, -0.05) is 6.07 Å². The number of hydrogen-bond acceptors (Lipinski definition) is 6. The fraction of sp³-hybridized carbons (Fsp3) is 0.200. The van der Waals surface area contributed by atoms with E-state index in [1.54, 1.807) is 22.3 Å². The number of thiophene rings is 2. The van der Waals surface area contributed by atoms with Crippen LogP contribution in [0.25, 0.3) is 0 Å². The number of imidazole rings is 1. The molecule has 3 aromatic heterocycles. The second-order valence-electron chi connectivity index (χ2n) is 5.15. The maximum absolute atomic E-state index is 12.5. The number of nitrogens with zero attached hydrogens (tertiary/aromatic N) is 2. The van der Waals surface area contributed by atoms with Gasteiger partial charge in [-0.3, -0.25) is 4.79 Å². The number of aromatic nitrogens is 2. The maximum Gasteiger partial charge on any atom is 0.263 e. The minimum Gasteiger partial charge on any atom is -0.344 e. The van der Waals surface area contributed by atoms with Crippen LogP contribution < -0.4 is 10.0 Å². The molecule has 132 valence electrons. The molecule has 1 amide bonds. The van der Waals surface area contributed by atoms with Crippen molar-refractivity contribution in [3.05, 3.63) is 56.9 Å². The van der Waals surface area contributed by atoms with Gasteiger partial charge in [-0.15, -0.1) is 22.7 Å². The summed E-state index contributed by atoms with van der Waals surface area (Å²) in [6.07, 6.45) is 3.41. The van der Waals surface area contributed by atoms with Gasteiger partial charge in [0.05, 0.1) is 6.54 Å². The molecule has 0 aliphatic carbocycles. The van der Waals surface area contributed by atoms with Crippen molar-refractivity contribution < 1.29 is 13.2 Å². The van der Waals surface area contributed by atoms with E-state index < -0.39 is 15.9 Å². The van der Waals surface area contributed by atoms with Gasteiger partial charge in [-0.25, -0.2) is 18.1 Å². The van der Waals surface area contributed by atoms with Gasteiger partial charge in [0.2, 0.25) is 10.0 Å². The average molecular weight is 397 g/mol. The molecule has 0 aliphatic rings. The Morgan fingerprint density at radius 3 is 2.76 bits per heavy atom. The molecule has 0 saturated heterocycles. The molecule has 0 atom stereocenters. The van der Waals surface area contributed by atoms with Crippen molar-refractivity contribution in [3.63, 3.8) is 0 Å². The summed E-state index contributed by atoms with van der Waals surface area (Å²) in [6, 6.07) is 5.15. The standard InChI is InChI=1S/C15H16N4O3S3/c1-19-6-5-16-13(19)10-17-15(20)14-12(4-8-24-14)25(21,22)18-9-11-3-2-7-23-11/h2-8,18H,9-10H2,1H3,(H,17,20). The third kappa shape index (κ3) is 4.15. The maximum atomic E-state index is 12.5. The number of hydrogen-bond donors (Lipinski definition) is 2. The molecule has 0 fully saturated rings. The van der Waals surface area contributed by atoms with Crippen LogP contribution in [0, 0.1) is 0 Å². The lowest BCUT2D eigenvalue weighted by molar-refractivity contribution is 0.0950. The number of carbonyl (C=O) groups is 1. The van der Waals surface area contributed by atoms with Crippen molar-refractivity contribution >= 4 is 38.6 Å². The third-order valence-electron chi connectivity index (χ3n) is 3.47. The highest BCUT2D eigenvalue weighted by Crippen LogP contribution is 2.22. The normalized spacial score (nSPS) is 11.6. The van der Waals surface area contributed by atoms with E-state index in [4.69, 9.17) is 0 Å². The quantitative estimate of drug-likeness (QED) is 0.638. The minimum atomic E-state index is -3.76. The molecular formula is C15H16N4O3S3. The lowest BCUT2D eigenvalue weighted by Crippen LogP contribution is -2.28. The van der Waals surface area contributed by atoms with Crippen molar-refractivity contribution in [3.8, 4) is 0 Å². The Bertz CT molecular complexity index is 958. The van der Waals surface area contributed by atoms with Crippen LogP contribution in [0.5, 0.6) is 0 Å². The van der Waals surface area contributed by atoms with Crippen LogP contribution in [-0.2, 0) is 30.2 Å². The van der Waals surface area contributed by atoms with Gasteiger partial charge in [0, 0.05) is 30.9 Å². The van der Waals surface area contributed by atoms with Gasteiger partial charge in [-0.05, 0) is 22.9 Å². The first-order valence-corrected chi connectivity index (χ1v) is 10.6. The van der Waals surface area contributed by atoms with E-state index in [9.17, 15) is 13.2 Å². The Balaban J connectivity index is 1.70. The SMILES string of the molecule is Cn1ccnc1CNC(=O)c1sccc1S(=O)(=O)NCc1cccs1. The first-order valence-electron chi connectivity index (χ1n) is 7.31. The highest BCUT2D eigenvalue weighted by Gasteiger charge is 2.24. The van der Waals surface area contributed by atoms with E-state index >= 15 is 0 Å². The van der Waals surface area contributed by atoms with Gasteiger partial charge in [-0.2, -0.15) is 0 Å². The molecule has 0 spiro atoms. The molecule has 0 aliphatic heterocycles. The molecule has 0 aromatic carbocycles. The molecule has 0 saturated carbocycles. The number of rotatable bonds is 7. The van der Waals surface area contributed by atoms with E-state index in [-0.39, 0.29) is 22.9 Å². The molecule has 25 heavy (non-hydrogen) atoms. The van der Waals surface area contributed by atoms with E-state index in [1.165, 1.54) is 17.4 Å². The molecular weight excluding hydrogens is 380 g/mol. The molecule has 7 nitrogen and oxygen atoms in total. The largest absolute Gasteiger partial charge is 0.344 e. The van der Waals surface area contributed by atoms with Gasteiger partial charge in [0.1, 0.15) is 15.6 Å². The number of sulfonamides is 1. The molecule has 0 unspecified atom stereocenters. The molecule has 3 heterocycles. The van der Waals surface area contributed by atoms with Gasteiger partial charge < -0.3 is 9.88 Å². The zero-order valence-electron chi connectivity index (χ0n) is 13.3. The van der Waals surface area contributed by atoms with Crippen LogP contribution in [-0.4, -0.2) is 23.9 Å². The summed E-state index contributed by atoms with van der Waals surface area (Å²) < 4.78 is 29.3. The number of carbonyl (C=O) groups excluding carboxylic acids is 1. The fourth-order valence-electron chi connectivity index (χ4n) is 2.14. The lowest BCUT2D eigenvalue weighted by atomic mass is 10.4. The summed E-state index contributed by atoms with van der Waals surface area (Å²) in [6.45, 7) is 0.423. The highest BCUT2D eigenvalue weighted by molar-refractivity contribution is 7.89. The van der Waals surface area contributed by atoms with E-state index in [0.717, 1.165) is 16.2 Å². The van der Waals surface area contributed by atoms with Crippen molar-refractivity contribution in [2.24, 2.45) is 7.05 Å². The van der Waals surface area contributed by atoms with Crippen LogP contribution >= 0.6 is 22.7 Å². The van der Waals surface area contributed by atoms with Crippen LogP contribution in [0.15, 0.2) is 46.2 Å². The molecule has 0 radical (unpaired) electrons. The summed E-state index contributed by atoms with van der Waals surface area (Å²) in [5.74, 6) is 0.250. The predicted octanol–water partition coefficient (Wildman–Crippen LogP) is 1.95. The third-order valence-corrected chi connectivity index (χ3v) is 6.83. The Hall–Kier alpha value is -2.01. The van der Waals surface area contributed by atoms with Crippen molar-refractivity contribution in [1.82, 2.24) is 19.6 Å². The monoisotopic (exact) mass is 396 g/mol. The van der Waals surface area contributed by atoms with Gasteiger partial charge in [0.25, 0.3) is 5.91 Å². The van der Waals surface area contributed by atoms with Crippen LogP contribution in [0.4, 0.5) is 0 Å². The number of nitrogens with one attached hydrogen (secondary N) is 2. The Labute approximate surface area is 153 Å². The summed E-state index contributed by atoms with van der Waals surface area (Å²) >= 11 is 2.56. The fourth-order valence-corrected chi connectivity index (χ4v) is 5.22. The highest BCUT2D eigenvalue weighted by atomic mass is 32.2. The van der Waals surface area contributed by atoms with Gasteiger partial charge >= 0.3 is 0 Å². The van der Waals surface area contributed by atoms with E-state index in [2.05, 4.69) is 15.0 Å². The van der Waals surface area contributed by atoms with E-state index in [1.807, 2.05) is 24.6 Å².